The van der Waals surface area contributed by atoms with E-state index in [-0.39, 0.29) is 35.8 Å². The zero-order chi connectivity index (χ0) is 34.1. The summed E-state index contributed by atoms with van der Waals surface area (Å²) in [7, 11) is -2.15. The Hall–Kier alpha value is -2.25. The number of urea groups is 1. The Morgan fingerprint density at radius 2 is 1.62 bits per heavy atom. The van der Waals surface area contributed by atoms with Gasteiger partial charge in [-0.2, -0.15) is 0 Å². The van der Waals surface area contributed by atoms with Crippen LogP contribution < -0.4 is 15.4 Å². The van der Waals surface area contributed by atoms with Crippen LogP contribution in [0.25, 0.3) is 0 Å². The van der Waals surface area contributed by atoms with Crippen molar-refractivity contribution >= 4 is 45.0 Å². The van der Waals surface area contributed by atoms with E-state index in [4.69, 9.17) is 37.4 Å². The van der Waals surface area contributed by atoms with Gasteiger partial charge in [0.25, 0.3) is 0 Å². The Bertz CT molecular complexity index is 1390. The number of carbonyl (C=O) groups is 2. The SMILES string of the molecule is COCCNC(=O)NCCCCCC(=O)CCCOCCOCCNS(=O)(=O)c1cccc([C@@H]2CC(C)Cc3c(Cl)cc(Cl)cc32)c1. The molecular formula is C34H49Cl2N3O7S. The molecule has 3 N–H and O–H groups in total. The molecule has 2 aromatic carbocycles. The van der Waals surface area contributed by atoms with Crippen LogP contribution in [-0.4, -0.2) is 80.0 Å². The van der Waals surface area contributed by atoms with Crippen LogP contribution >= 0.6 is 23.2 Å². The molecule has 0 radical (unpaired) electrons. The van der Waals surface area contributed by atoms with E-state index in [2.05, 4.69) is 22.3 Å². The molecule has 13 heteroatoms. The van der Waals surface area contributed by atoms with Crippen molar-refractivity contribution in [1.29, 1.82) is 0 Å². The molecule has 10 nitrogen and oxygen atoms in total. The Morgan fingerprint density at radius 3 is 2.40 bits per heavy atom. The number of hydrogen-bond donors (Lipinski definition) is 3. The van der Waals surface area contributed by atoms with Crippen molar-refractivity contribution in [3.05, 3.63) is 63.1 Å². The average molecular weight is 715 g/mol. The summed E-state index contributed by atoms with van der Waals surface area (Å²) >= 11 is 12.8. The number of ether oxygens (including phenoxy) is 3. The van der Waals surface area contributed by atoms with Crippen LogP contribution in [0.5, 0.6) is 0 Å². The van der Waals surface area contributed by atoms with E-state index in [1.54, 1.807) is 31.4 Å². The molecule has 0 saturated heterocycles. The molecule has 47 heavy (non-hydrogen) atoms. The first kappa shape index (κ1) is 39.2. The van der Waals surface area contributed by atoms with E-state index in [1.165, 1.54) is 0 Å². The fraction of sp³-hybridized carbons (Fsp3) is 0.588. The molecule has 2 atom stereocenters. The quantitative estimate of drug-likeness (QED) is 0.130. The van der Waals surface area contributed by atoms with E-state index < -0.39 is 10.0 Å². The van der Waals surface area contributed by atoms with Crippen molar-refractivity contribution in [3.63, 3.8) is 0 Å². The fourth-order valence-corrected chi connectivity index (χ4v) is 7.28. The monoisotopic (exact) mass is 713 g/mol. The van der Waals surface area contributed by atoms with Crippen molar-refractivity contribution in [2.75, 3.05) is 59.8 Å². The van der Waals surface area contributed by atoms with Crippen molar-refractivity contribution in [2.24, 2.45) is 5.92 Å². The average Bonchev–Trinajstić information content (AvgIpc) is 3.03. The summed E-state index contributed by atoms with van der Waals surface area (Å²) in [6.45, 7) is 5.19. The minimum Gasteiger partial charge on any atom is -0.383 e. The second kappa shape index (κ2) is 21.0. The molecule has 0 fully saturated rings. The van der Waals surface area contributed by atoms with Crippen LogP contribution in [0, 0.1) is 5.92 Å². The second-order valence-electron chi connectivity index (χ2n) is 11.9. The molecular weight excluding hydrogens is 665 g/mol. The highest BCUT2D eigenvalue weighted by atomic mass is 35.5. The first-order valence-electron chi connectivity index (χ1n) is 16.4. The molecule has 2 amide bonds. The fourth-order valence-electron chi connectivity index (χ4n) is 5.63. The lowest BCUT2D eigenvalue weighted by molar-refractivity contribution is -0.119. The molecule has 0 bridgehead atoms. The summed E-state index contributed by atoms with van der Waals surface area (Å²) in [5.74, 6) is 0.616. The van der Waals surface area contributed by atoms with Crippen molar-refractivity contribution in [2.45, 2.75) is 69.1 Å². The Labute approximate surface area is 289 Å². The zero-order valence-corrected chi connectivity index (χ0v) is 29.8. The smallest absolute Gasteiger partial charge is 0.314 e. The standard InChI is InChI=1S/C34H49Cl2N3O7S/c1-25-20-30(31-23-27(35)24-33(36)32(31)21-25)26-8-6-11-29(22-26)47(42,43)39-14-17-46-19-18-45-15-7-10-28(40)9-4-3-5-12-37-34(41)38-13-16-44-2/h6,8,11,22-25,30,39H,3-5,7,9-10,12-21H2,1-2H3,(H2,37,38,41)/t25?,30-/m0/s1. The molecule has 1 aliphatic rings. The maximum Gasteiger partial charge on any atom is 0.314 e. The van der Waals surface area contributed by atoms with Gasteiger partial charge in [0.05, 0.1) is 31.3 Å². The highest BCUT2D eigenvalue weighted by Gasteiger charge is 2.29. The molecule has 0 saturated carbocycles. The van der Waals surface area contributed by atoms with E-state index >= 15 is 0 Å². The van der Waals surface area contributed by atoms with E-state index in [1.807, 2.05) is 12.1 Å². The highest BCUT2D eigenvalue weighted by molar-refractivity contribution is 7.89. The summed E-state index contributed by atoms with van der Waals surface area (Å²) < 4.78 is 44.7. The van der Waals surface area contributed by atoms with Crippen LogP contribution in [0.15, 0.2) is 41.3 Å². The molecule has 2 aromatic rings. The normalized spacial score (nSPS) is 16.1. The number of fused-ring (bicyclic) bond motifs is 1. The minimum atomic E-state index is -3.73. The third-order valence-corrected chi connectivity index (χ3v) is 10.0. The third-order valence-electron chi connectivity index (χ3n) is 8.00. The summed E-state index contributed by atoms with van der Waals surface area (Å²) in [6.07, 6.45) is 5.89. The van der Waals surface area contributed by atoms with Gasteiger partial charge >= 0.3 is 6.03 Å². The summed E-state index contributed by atoms with van der Waals surface area (Å²) in [4.78, 5) is 23.8. The molecule has 0 aliphatic heterocycles. The van der Waals surface area contributed by atoms with Gasteiger partial charge < -0.3 is 24.8 Å². The van der Waals surface area contributed by atoms with Crippen molar-refractivity contribution in [3.8, 4) is 0 Å². The van der Waals surface area contributed by atoms with Crippen LogP contribution in [-0.2, 0) is 35.4 Å². The van der Waals surface area contributed by atoms with E-state index in [0.717, 1.165) is 48.8 Å². The van der Waals surface area contributed by atoms with Crippen LogP contribution in [0.4, 0.5) is 4.79 Å². The lowest BCUT2D eigenvalue weighted by atomic mass is 9.74. The number of rotatable bonds is 22. The maximum atomic E-state index is 13.0. The maximum absolute atomic E-state index is 13.0. The number of methoxy groups -OCH3 is 1. The van der Waals surface area contributed by atoms with Gasteiger partial charge in [0.1, 0.15) is 5.78 Å². The Kier molecular flexibility index (Phi) is 17.5. The van der Waals surface area contributed by atoms with Gasteiger partial charge in [-0.3, -0.25) is 4.79 Å². The first-order valence-corrected chi connectivity index (χ1v) is 18.6. The van der Waals surface area contributed by atoms with Gasteiger partial charge in [0.15, 0.2) is 0 Å². The molecule has 0 heterocycles. The van der Waals surface area contributed by atoms with Gasteiger partial charge in [0.2, 0.25) is 10.0 Å². The predicted molar refractivity (Wildman–Crippen MR) is 185 cm³/mol. The number of sulfonamides is 1. The number of ketones is 1. The zero-order valence-electron chi connectivity index (χ0n) is 27.5. The molecule has 1 unspecified atom stereocenters. The second-order valence-corrected chi connectivity index (χ2v) is 14.5. The van der Waals surface area contributed by atoms with E-state index in [0.29, 0.717) is 74.7 Å². The Balaban J connectivity index is 1.25. The number of hydrogen-bond acceptors (Lipinski definition) is 7. The number of nitrogens with one attached hydrogen (secondary N) is 3. The van der Waals surface area contributed by atoms with Gasteiger partial charge in [-0.25, -0.2) is 17.9 Å². The van der Waals surface area contributed by atoms with Crippen LogP contribution in [0.1, 0.15) is 74.5 Å². The molecule has 0 aromatic heterocycles. The number of halogens is 2. The predicted octanol–water partition coefficient (Wildman–Crippen LogP) is 5.87. The summed E-state index contributed by atoms with van der Waals surface area (Å²) in [6, 6.07) is 10.6. The number of Topliss-reactive ketones (excluding diaryl/α,β-unsaturated/α-hetero) is 1. The third kappa shape index (κ3) is 14.0. The van der Waals surface area contributed by atoms with Gasteiger partial charge in [-0.05, 0) is 79.0 Å². The van der Waals surface area contributed by atoms with Gasteiger partial charge in [0, 0.05) is 62.2 Å². The lowest BCUT2D eigenvalue weighted by Crippen LogP contribution is -2.37. The summed E-state index contributed by atoms with van der Waals surface area (Å²) in [5.41, 5.74) is 3.05. The van der Waals surface area contributed by atoms with E-state index in [9.17, 15) is 18.0 Å². The number of unbranched alkanes of at least 4 members (excludes halogenated alkanes) is 2. The van der Waals surface area contributed by atoms with Crippen LogP contribution in [0.3, 0.4) is 0 Å². The molecule has 0 spiro atoms. The molecule has 3 rings (SSSR count). The molecule has 262 valence electrons. The van der Waals surface area contributed by atoms with Crippen molar-refractivity contribution in [1.82, 2.24) is 15.4 Å². The topological polar surface area (TPSA) is 132 Å². The van der Waals surface area contributed by atoms with Crippen molar-refractivity contribution < 1.29 is 32.2 Å². The van der Waals surface area contributed by atoms with Gasteiger partial charge in [-0.15, -0.1) is 0 Å². The number of benzene rings is 2. The Morgan fingerprint density at radius 1 is 0.872 bits per heavy atom. The number of carbonyl (C=O) groups excluding carboxylic acids is 2. The van der Waals surface area contributed by atoms with Crippen LogP contribution in [0.2, 0.25) is 10.0 Å². The molecule has 1 aliphatic carbocycles. The number of amides is 2. The largest absolute Gasteiger partial charge is 0.383 e. The van der Waals surface area contributed by atoms with Gasteiger partial charge in [-0.1, -0.05) is 48.7 Å². The highest BCUT2D eigenvalue weighted by Crippen LogP contribution is 2.43. The lowest BCUT2D eigenvalue weighted by Gasteiger charge is -2.31. The first-order chi connectivity index (χ1) is 22.6. The summed E-state index contributed by atoms with van der Waals surface area (Å²) in [5, 5.41) is 6.70. The minimum absolute atomic E-state index is 0.00746.